The molecule has 0 aliphatic rings. The quantitative estimate of drug-likeness (QED) is 0.617. The molecule has 0 heterocycles. The standard InChI is InChI=1S/C9H19NO/c1-4-5-6-8(7-11)9(2,3)10/h7-8H,4-6,10H2,1-3H3. The Morgan fingerprint density at radius 3 is 2.36 bits per heavy atom. The monoisotopic (exact) mass is 157 g/mol. The number of nitrogens with two attached hydrogens (primary N) is 1. The van der Waals surface area contributed by atoms with Crippen LogP contribution >= 0.6 is 0 Å². The first-order valence-electron chi connectivity index (χ1n) is 4.26. The van der Waals surface area contributed by atoms with Crippen molar-refractivity contribution < 1.29 is 4.79 Å². The Morgan fingerprint density at radius 1 is 1.55 bits per heavy atom. The van der Waals surface area contributed by atoms with Crippen molar-refractivity contribution in [1.82, 2.24) is 0 Å². The van der Waals surface area contributed by atoms with Gasteiger partial charge < -0.3 is 10.5 Å². The molecule has 0 fully saturated rings. The average Bonchev–Trinajstić information content (AvgIpc) is 1.87. The number of hydrogen-bond acceptors (Lipinski definition) is 2. The van der Waals surface area contributed by atoms with Gasteiger partial charge in [-0.15, -0.1) is 0 Å². The number of aldehydes is 1. The normalized spacial score (nSPS) is 14.5. The second kappa shape index (κ2) is 4.50. The highest BCUT2D eigenvalue weighted by Crippen LogP contribution is 2.17. The Labute approximate surface area is 69.2 Å². The summed E-state index contributed by atoms with van der Waals surface area (Å²) in [6.45, 7) is 5.93. The minimum atomic E-state index is -0.350. The van der Waals surface area contributed by atoms with Crippen LogP contribution in [0, 0.1) is 5.92 Å². The van der Waals surface area contributed by atoms with Crippen molar-refractivity contribution in [2.45, 2.75) is 45.6 Å². The summed E-state index contributed by atoms with van der Waals surface area (Å²) in [5.74, 6) is 0.0162. The maximum atomic E-state index is 10.6. The molecule has 0 amide bonds. The Morgan fingerprint density at radius 2 is 2.09 bits per heavy atom. The van der Waals surface area contributed by atoms with E-state index in [9.17, 15) is 4.79 Å². The van der Waals surface area contributed by atoms with Gasteiger partial charge in [-0.25, -0.2) is 0 Å². The van der Waals surface area contributed by atoms with Gasteiger partial charge in [0.25, 0.3) is 0 Å². The third-order valence-corrected chi connectivity index (χ3v) is 1.99. The van der Waals surface area contributed by atoms with E-state index in [1.807, 2.05) is 13.8 Å². The highest BCUT2D eigenvalue weighted by Gasteiger charge is 2.23. The molecule has 2 N–H and O–H groups in total. The summed E-state index contributed by atoms with van der Waals surface area (Å²) in [6, 6.07) is 0. The molecule has 0 bridgehead atoms. The van der Waals surface area contributed by atoms with Crippen LogP contribution in [-0.4, -0.2) is 11.8 Å². The van der Waals surface area contributed by atoms with Gasteiger partial charge in [0.2, 0.25) is 0 Å². The zero-order valence-corrected chi connectivity index (χ0v) is 7.76. The lowest BCUT2D eigenvalue weighted by Gasteiger charge is -2.25. The maximum Gasteiger partial charge on any atom is 0.124 e. The van der Waals surface area contributed by atoms with Gasteiger partial charge in [-0.05, 0) is 20.3 Å². The van der Waals surface area contributed by atoms with Gasteiger partial charge in [0.15, 0.2) is 0 Å². The molecule has 2 nitrogen and oxygen atoms in total. The van der Waals surface area contributed by atoms with Crippen molar-refractivity contribution in [3.63, 3.8) is 0 Å². The first kappa shape index (κ1) is 10.6. The van der Waals surface area contributed by atoms with E-state index in [-0.39, 0.29) is 11.5 Å². The molecule has 2 heteroatoms. The number of hydrogen-bond donors (Lipinski definition) is 1. The Balaban J connectivity index is 3.86. The fourth-order valence-corrected chi connectivity index (χ4v) is 1.04. The van der Waals surface area contributed by atoms with E-state index in [4.69, 9.17) is 5.73 Å². The first-order valence-corrected chi connectivity index (χ1v) is 4.26. The fraction of sp³-hybridized carbons (Fsp3) is 0.889. The second-order valence-corrected chi connectivity index (χ2v) is 3.71. The van der Waals surface area contributed by atoms with E-state index in [2.05, 4.69) is 6.92 Å². The van der Waals surface area contributed by atoms with E-state index < -0.39 is 0 Å². The smallest absolute Gasteiger partial charge is 0.124 e. The maximum absolute atomic E-state index is 10.6. The molecule has 0 radical (unpaired) electrons. The summed E-state index contributed by atoms with van der Waals surface area (Å²) < 4.78 is 0. The van der Waals surface area contributed by atoms with Crippen LogP contribution in [0.25, 0.3) is 0 Å². The van der Waals surface area contributed by atoms with Crippen LogP contribution in [0.4, 0.5) is 0 Å². The second-order valence-electron chi connectivity index (χ2n) is 3.71. The molecule has 0 aromatic heterocycles. The zero-order valence-electron chi connectivity index (χ0n) is 7.76. The summed E-state index contributed by atoms with van der Waals surface area (Å²) in [7, 11) is 0. The fourth-order valence-electron chi connectivity index (χ4n) is 1.04. The van der Waals surface area contributed by atoms with E-state index in [1.165, 1.54) is 0 Å². The van der Waals surface area contributed by atoms with Crippen molar-refractivity contribution in [2.24, 2.45) is 11.7 Å². The minimum Gasteiger partial charge on any atom is -0.325 e. The largest absolute Gasteiger partial charge is 0.325 e. The van der Waals surface area contributed by atoms with E-state index in [0.717, 1.165) is 25.5 Å². The highest BCUT2D eigenvalue weighted by atomic mass is 16.1. The summed E-state index contributed by atoms with van der Waals surface area (Å²) >= 11 is 0. The van der Waals surface area contributed by atoms with Crippen molar-refractivity contribution >= 4 is 6.29 Å². The average molecular weight is 157 g/mol. The lowest BCUT2D eigenvalue weighted by molar-refractivity contribution is -0.112. The third kappa shape index (κ3) is 4.14. The summed E-state index contributed by atoms with van der Waals surface area (Å²) in [6.07, 6.45) is 4.11. The van der Waals surface area contributed by atoms with Gasteiger partial charge in [0, 0.05) is 11.5 Å². The van der Waals surface area contributed by atoms with Crippen molar-refractivity contribution in [2.75, 3.05) is 0 Å². The molecule has 1 atom stereocenters. The Bertz CT molecular complexity index is 115. The van der Waals surface area contributed by atoms with Gasteiger partial charge in [-0.1, -0.05) is 19.8 Å². The molecule has 0 rings (SSSR count). The van der Waals surface area contributed by atoms with Gasteiger partial charge in [-0.3, -0.25) is 0 Å². The molecule has 66 valence electrons. The van der Waals surface area contributed by atoms with E-state index >= 15 is 0 Å². The number of carbonyl (C=O) groups excluding carboxylic acids is 1. The summed E-state index contributed by atoms with van der Waals surface area (Å²) in [5, 5.41) is 0. The van der Waals surface area contributed by atoms with Gasteiger partial charge in [0.05, 0.1) is 0 Å². The molecular weight excluding hydrogens is 138 g/mol. The van der Waals surface area contributed by atoms with Crippen LogP contribution < -0.4 is 5.73 Å². The number of rotatable bonds is 5. The molecule has 11 heavy (non-hydrogen) atoms. The lowest BCUT2D eigenvalue weighted by Crippen LogP contribution is -2.41. The van der Waals surface area contributed by atoms with Gasteiger partial charge >= 0.3 is 0 Å². The molecule has 0 saturated heterocycles. The lowest BCUT2D eigenvalue weighted by atomic mass is 9.86. The van der Waals surface area contributed by atoms with Crippen molar-refractivity contribution in [3.8, 4) is 0 Å². The third-order valence-electron chi connectivity index (χ3n) is 1.99. The molecule has 0 saturated carbocycles. The van der Waals surface area contributed by atoms with Crippen LogP contribution in [0.3, 0.4) is 0 Å². The predicted octanol–water partition coefficient (Wildman–Crippen LogP) is 1.73. The van der Waals surface area contributed by atoms with E-state index in [1.54, 1.807) is 0 Å². The van der Waals surface area contributed by atoms with Gasteiger partial charge in [0.1, 0.15) is 6.29 Å². The number of unbranched alkanes of at least 4 members (excludes halogenated alkanes) is 1. The minimum absolute atomic E-state index is 0.0162. The Hall–Kier alpha value is -0.370. The highest BCUT2D eigenvalue weighted by molar-refractivity contribution is 5.55. The molecule has 0 aliphatic heterocycles. The van der Waals surface area contributed by atoms with Crippen molar-refractivity contribution in [1.29, 1.82) is 0 Å². The number of carbonyl (C=O) groups is 1. The van der Waals surface area contributed by atoms with E-state index in [0.29, 0.717) is 0 Å². The van der Waals surface area contributed by atoms with Crippen molar-refractivity contribution in [3.05, 3.63) is 0 Å². The summed E-state index contributed by atoms with van der Waals surface area (Å²) in [5.41, 5.74) is 5.45. The molecule has 1 unspecified atom stereocenters. The molecule has 0 spiro atoms. The molecular formula is C9H19NO. The topological polar surface area (TPSA) is 43.1 Å². The molecule has 0 aromatic rings. The first-order chi connectivity index (χ1) is 5.02. The molecule has 0 aromatic carbocycles. The van der Waals surface area contributed by atoms with Crippen LogP contribution in [0.1, 0.15) is 40.0 Å². The van der Waals surface area contributed by atoms with Crippen LogP contribution in [0.15, 0.2) is 0 Å². The van der Waals surface area contributed by atoms with Crippen LogP contribution in [-0.2, 0) is 4.79 Å². The zero-order chi connectivity index (χ0) is 8.91. The Kier molecular flexibility index (Phi) is 4.34. The predicted molar refractivity (Wildman–Crippen MR) is 47.3 cm³/mol. The van der Waals surface area contributed by atoms with Crippen LogP contribution in [0.2, 0.25) is 0 Å². The SMILES string of the molecule is CCCCC(C=O)C(C)(C)N. The molecule has 0 aliphatic carbocycles. The summed E-state index contributed by atoms with van der Waals surface area (Å²) in [4.78, 5) is 10.6. The van der Waals surface area contributed by atoms with Gasteiger partial charge in [-0.2, -0.15) is 0 Å². The van der Waals surface area contributed by atoms with Crippen LogP contribution in [0.5, 0.6) is 0 Å².